The maximum atomic E-state index is 13.8. The van der Waals surface area contributed by atoms with Crippen molar-refractivity contribution in [1.82, 2.24) is 0 Å². The highest BCUT2D eigenvalue weighted by atomic mass is 35.5. The molecule has 2 N–H and O–H groups in total. The Morgan fingerprint density at radius 1 is 0.929 bits per heavy atom. The molecular weight excluding hydrogens is 405 g/mol. The van der Waals surface area contributed by atoms with Crippen LogP contribution >= 0.6 is 23.2 Å². The van der Waals surface area contributed by atoms with Gasteiger partial charge < -0.3 is 10.6 Å². The molecule has 0 saturated heterocycles. The first-order chi connectivity index (χ1) is 13.4. The summed E-state index contributed by atoms with van der Waals surface area (Å²) in [6, 6.07) is 15.6. The smallest absolute Gasteiger partial charge is 0.255 e. The summed E-state index contributed by atoms with van der Waals surface area (Å²) in [7, 11) is 0. The van der Waals surface area contributed by atoms with Crippen molar-refractivity contribution in [3.63, 3.8) is 0 Å². The standard InChI is InChI=1S/C21H14Cl2F2N2O/c22-13-3-1-2-12(8-13)11-21(27-15-5-7-17(24)18(25)10-15)16-6-4-14(23)9-19(16)26-20(21)28/h1-10,27H,11H2,(H,26,28). The summed E-state index contributed by atoms with van der Waals surface area (Å²) in [4.78, 5) is 13.1. The van der Waals surface area contributed by atoms with Gasteiger partial charge in [-0.15, -0.1) is 0 Å². The van der Waals surface area contributed by atoms with Gasteiger partial charge in [0, 0.05) is 39.5 Å². The lowest BCUT2D eigenvalue weighted by molar-refractivity contribution is -0.119. The average molecular weight is 419 g/mol. The molecule has 4 rings (SSSR count). The minimum atomic E-state index is -1.24. The molecule has 3 aromatic rings. The zero-order chi connectivity index (χ0) is 19.9. The van der Waals surface area contributed by atoms with Crippen LogP contribution in [0.25, 0.3) is 0 Å². The number of hydrogen-bond acceptors (Lipinski definition) is 2. The largest absolute Gasteiger partial charge is 0.367 e. The lowest BCUT2D eigenvalue weighted by Gasteiger charge is -2.30. The molecule has 0 radical (unpaired) electrons. The highest BCUT2D eigenvalue weighted by Crippen LogP contribution is 2.42. The Bertz CT molecular complexity index is 1090. The zero-order valence-corrected chi connectivity index (χ0v) is 15.9. The lowest BCUT2D eigenvalue weighted by atomic mass is 9.84. The van der Waals surface area contributed by atoms with Crippen molar-refractivity contribution in [2.45, 2.75) is 12.0 Å². The van der Waals surface area contributed by atoms with E-state index in [9.17, 15) is 13.6 Å². The fourth-order valence-corrected chi connectivity index (χ4v) is 3.85. The van der Waals surface area contributed by atoms with Gasteiger partial charge in [0.2, 0.25) is 0 Å². The van der Waals surface area contributed by atoms with Gasteiger partial charge in [-0.25, -0.2) is 8.78 Å². The number of carbonyl (C=O) groups is 1. The van der Waals surface area contributed by atoms with Gasteiger partial charge in [-0.3, -0.25) is 4.79 Å². The van der Waals surface area contributed by atoms with Gasteiger partial charge >= 0.3 is 0 Å². The van der Waals surface area contributed by atoms with Gasteiger partial charge in [-0.2, -0.15) is 0 Å². The van der Waals surface area contributed by atoms with Crippen molar-refractivity contribution in [3.05, 3.63) is 93.5 Å². The molecule has 1 amide bonds. The number of carbonyl (C=O) groups excluding carboxylic acids is 1. The maximum absolute atomic E-state index is 13.8. The number of rotatable bonds is 4. The van der Waals surface area contributed by atoms with Crippen LogP contribution in [-0.2, 0) is 16.8 Å². The zero-order valence-electron chi connectivity index (χ0n) is 14.4. The molecule has 1 aliphatic heterocycles. The van der Waals surface area contributed by atoms with Gasteiger partial charge in [0.1, 0.15) is 5.54 Å². The van der Waals surface area contributed by atoms with Crippen LogP contribution in [0.15, 0.2) is 60.7 Å². The molecule has 0 saturated carbocycles. The van der Waals surface area contributed by atoms with Crippen LogP contribution in [0.4, 0.5) is 20.2 Å². The highest BCUT2D eigenvalue weighted by molar-refractivity contribution is 6.31. The van der Waals surface area contributed by atoms with Crippen molar-refractivity contribution in [1.29, 1.82) is 0 Å². The molecule has 0 spiro atoms. The van der Waals surface area contributed by atoms with E-state index in [1.807, 2.05) is 6.07 Å². The average Bonchev–Trinajstić information content (AvgIpc) is 2.89. The molecule has 1 aliphatic rings. The maximum Gasteiger partial charge on any atom is 0.255 e. The number of hydrogen-bond donors (Lipinski definition) is 2. The Labute approximate surface area is 170 Å². The van der Waals surface area contributed by atoms with Gasteiger partial charge in [-0.1, -0.05) is 41.4 Å². The summed E-state index contributed by atoms with van der Waals surface area (Å²) < 4.78 is 27.1. The van der Waals surface area contributed by atoms with Crippen LogP contribution in [-0.4, -0.2) is 5.91 Å². The number of benzene rings is 3. The van der Waals surface area contributed by atoms with E-state index in [-0.39, 0.29) is 18.0 Å². The number of fused-ring (bicyclic) bond motifs is 1. The van der Waals surface area contributed by atoms with Gasteiger partial charge in [0.05, 0.1) is 0 Å². The molecular formula is C21H14Cl2F2N2O. The molecule has 1 atom stereocenters. The first-order valence-electron chi connectivity index (χ1n) is 8.46. The summed E-state index contributed by atoms with van der Waals surface area (Å²) in [5.74, 6) is -2.29. The Morgan fingerprint density at radius 2 is 1.71 bits per heavy atom. The van der Waals surface area contributed by atoms with Crippen LogP contribution in [0.1, 0.15) is 11.1 Å². The Balaban J connectivity index is 1.84. The molecule has 0 bridgehead atoms. The van der Waals surface area contributed by atoms with E-state index in [0.29, 0.717) is 21.3 Å². The third-order valence-corrected chi connectivity index (χ3v) is 5.18. The van der Waals surface area contributed by atoms with Gasteiger partial charge in [0.15, 0.2) is 11.6 Å². The van der Waals surface area contributed by atoms with E-state index in [0.717, 1.165) is 17.7 Å². The third-order valence-electron chi connectivity index (χ3n) is 4.71. The van der Waals surface area contributed by atoms with Crippen molar-refractivity contribution in [3.8, 4) is 0 Å². The Kier molecular flexibility index (Phi) is 4.73. The van der Waals surface area contributed by atoms with E-state index >= 15 is 0 Å². The van der Waals surface area contributed by atoms with Crippen molar-refractivity contribution >= 4 is 40.5 Å². The lowest BCUT2D eigenvalue weighted by Crippen LogP contribution is -2.44. The van der Waals surface area contributed by atoms with Gasteiger partial charge in [-0.05, 0) is 42.0 Å². The highest BCUT2D eigenvalue weighted by Gasteiger charge is 2.47. The van der Waals surface area contributed by atoms with Crippen LogP contribution in [0.3, 0.4) is 0 Å². The van der Waals surface area contributed by atoms with E-state index in [1.165, 1.54) is 6.07 Å². The minimum absolute atomic E-state index is 0.243. The Morgan fingerprint density at radius 3 is 2.46 bits per heavy atom. The van der Waals surface area contributed by atoms with Crippen LogP contribution in [0.5, 0.6) is 0 Å². The fraction of sp³-hybridized carbons (Fsp3) is 0.0952. The van der Waals surface area contributed by atoms with Crippen LogP contribution < -0.4 is 10.6 Å². The summed E-state index contributed by atoms with van der Waals surface area (Å²) in [5.41, 5.74) is 1.06. The molecule has 3 aromatic carbocycles. The van der Waals surface area contributed by atoms with E-state index in [2.05, 4.69) is 10.6 Å². The number of amides is 1. The second-order valence-corrected chi connectivity index (χ2v) is 7.48. The SMILES string of the molecule is O=C1Nc2cc(Cl)ccc2C1(Cc1cccc(Cl)c1)Nc1ccc(F)c(F)c1. The second kappa shape index (κ2) is 7.08. The van der Waals surface area contributed by atoms with E-state index in [4.69, 9.17) is 23.2 Å². The van der Waals surface area contributed by atoms with Crippen LogP contribution in [0, 0.1) is 11.6 Å². The molecule has 0 fully saturated rings. The molecule has 0 aromatic heterocycles. The number of halogens is 4. The Hall–Kier alpha value is -2.63. The van der Waals surface area contributed by atoms with E-state index < -0.39 is 17.2 Å². The monoisotopic (exact) mass is 418 g/mol. The molecule has 142 valence electrons. The second-order valence-electron chi connectivity index (χ2n) is 6.61. The van der Waals surface area contributed by atoms with Crippen molar-refractivity contribution < 1.29 is 13.6 Å². The summed E-state index contributed by atoms with van der Waals surface area (Å²) in [6.45, 7) is 0. The number of anilines is 2. The topological polar surface area (TPSA) is 41.1 Å². The fourth-order valence-electron chi connectivity index (χ4n) is 3.46. The quantitative estimate of drug-likeness (QED) is 0.564. The predicted octanol–water partition coefficient (Wildman–Crippen LogP) is 5.77. The third kappa shape index (κ3) is 3.32. The van der Waals surface area contributed by atoms with Gasteiger partial charge in [0.25, 0.3) is 5.91 Å². The normalized spacial score (nSPS) is 17.9. The summed E-state index contributed by atoms with van der Waals surface area (Å²) in [5, 5.41) is 6.95. The minimum Gasteiger partial charge on any atom is -0.367 e. The predicted molar refractivity (Wildman–Crippen MR) is 107 cm³/mol. The van der Waals surface area contributed by atoms with Crippen molar-refractivity contribution in [2.24, 2.45) is 0 Å². The molecule has 1 unspecified atom stereocenters. The molecule has 28 heavy (non-hydrogen) atoms. The first kappa shape index (κ1) is 18.7. The first-order valence-corrected chi connectivity index (χ1v) is 9.22. The molecule has 3 nitrogen and oxygen atoms in total. The molecule has 0 aliphatic carbocycles. The van der Waals surface area contributed by atoms with Crippen LogP contribution in [0.2, 0.25) is 10.0 Å². The van der Waals surface area contributed by atoms with Crippen molar-refractivity contribution in [2.75, 3.05) is 10.6 Å². The summed E-state index contributed by atoms with van der Waals surface area (Å²) >= 11 is 12.2. The summed E-state index contributed by atoms with van der Waals surface area (Å²) in [6.07, 6.45) is 0.243. The van der Waals surface area contributed by atoms with E-state index in [1.54, 1.807) is 36.4 Å². The molecule has 1 heterocycles. The molecule has 7 heteroatoms. The number of nitrogens with one attached hydrogen (secondary N) is 2.